The van der Waals surface area contributed by atoms with Gasteiger partial charge in [0.05, 0.1) is 6.61 Å². The molecule has 2 aromatic carbocycles. The summed E-state index contributed by atoms with van der Waals surface area (Å²) in [5.74, 6) is 0. The largest absolute Gasteiger partial charge is 0.394 e. The van der Waals surface area contributed by atoms with E-state index in [4.69, 9.17) is 0 Å². The lowest BCUT2D eigenvalue weighted by Gasteiger charge is -2.24. The van der Waals surface area contributed by atoms with Gasteiger partial charge in [0.25, 0.3) is 0 Å². The molecule has 0 aliphatic carbocycles. The highest BCUT2D eigenvalue weighted by molar-refractivity contribution is 5.85. The molecule has 2 nitrogen and oxygen atoms in total. The average Bonchev–Trinajstić information content (AvgIpc) is 2.36. The Morgan fingerprint density at radius 1 is 1.06 bits per heavy atom. The maximum Gasteiger partial charge on any atom is 0.0607 e. The number of aliphatic hydroxyl groups excluding tert-OH is 1. The first-order valence-corrected chi connectivity index (χ1v) is 5.95. The molecule has 0 bridgehead atoms. The number of fused-ring (bicyclic) bond motifs is 1. The van der Waals surface area contributed by atoms with Gasteiger partial charge in [0.15, 0.2) is 0 Å². The van der Waals surface area contributed by atoms with Crippen LogP contribution in [-0.2, 0) is 6.54 Å². The van der Waals surface area contributed by atoms with Crippen LogP contribution >= 0.6 is 0 Å². The predicted octanol–water partition coefficient (Wildman–Crippen LogP) is 2.70. The number of nitrogens with one attached hydrogen (secondary N) is 1. The van der Waals surface area contributed by atoms with Gasteiger partial charge < -0.3 is 10.4 Å². The van der Waals surface area contributed by atoms with Gasteiger partial charge in [-0.15, -0.1) is 0 Å². The Kier molecular flexibility index (Phi) is 3.46. The lowest BCUT2D eigenvalue weighted by molar-refractivity contribution is 0.187. The third-order valence-corrected chi connectivity index (χ3v) is 3.03. The maximum absolute atomic E-state index is 9.22. The summed E-state index contributed by atoms with van der Waals surface area (Å²) in [5.41, 5.74) is 1.03. The van der Waals surface area contributed by atoms with Gasteiger partial charge in [0.1, 0.15) is 0 Å². The van der Waals surface area contributed by atoms with Crippen LogP contribution in [0.3, 0.4) is 0 Å². The molecule has 0 saturated heterocycles. The Morgan fingerprint density at radius 3 is 2.53 bits per heavy atom. The van der Waals surface area contributed by atoms with Crippen molar-refractivity contribution in [3.63, 3.8) is 0 Å². The summed E-state index contributed by atoms with van der Waals surface area (Å²) in [6.45, 7) is 4.91. The predicted molar refractivity (Wildman–Crippen MR) is 72.0 cm³/mol. The molecule has 0 aliphatic rings. The number of aliphatic hydroxyl groups is 1. The van der Waals surface area contributed by atoms with E-state index in [9.17, 15) is 5.11 Å². The van der Waals surface area contributed by atoms with Crippen LogP contribution in [0.25, 0.3) is 10.8 Å². The second-order valence-corrected chi connectivity index (χ2v) is 5.03. The Hall–Kier alpha value is -1.38. The average molecular weight is 229 g/mol. The van der Waals surface area contributed by atoms with E-state index in [0.717, 1.165) is 6.54 Å². The smallest absolute Gasteiger partial charge is 0.0607 e. The van der Waals surface area contributed by atoms with Crippen molar-refractivity contribution in [3.05, 3.63) is 48.0 Å². The molecule has 0 amide bonds. The minimum atomic E-state index is -0.239. The van der Waals surface area contributed by atoms with Crippen LogP contribution in [0.1, 0.15) is 19.4 Å². The second kappa shape index (κ2) is 4.86. The van der Waals surface area contributed by atoms with E-state index in [1.54, 1.807) is 0 Å². The molecular weight excluding hydrogens is 210 g/mol. The Balaban J connectivity index is 2.24. The molecule has 90 valence electrons. The Labute approximate surface area is 102 Å². The van der Waals surface area contributed by atoms with Gasteiger partial charge in [-0.05, 0) is 30.2 Å². The summed E-state index contributed by atoms with van der Waals surface area (Å²) in [4.78, 5) is 0. The maximum atomic E-state index is 9.22. The first kappa shape index (κ1) is 12.1. The topological polar surface area (TPSA) is 32.3 Å². The van der Waals surface area contributed by atoms with Crippen LogP contribution in [0.2, 0.25) is 0 Å². The van der Waals surface area contributed by atoms with Gasteiger partial charge in [-0.25, -0.2) is 0 Å². The molecular formula is C15H19NO. The second-order valence-electron chi connectivity index (χ2n) is 5.03. The highest BCUT2D eigenvalue weighted by Crippen LogP contribution is 2.18. The number of rotatable bonds is 4. The van der Waals surface area contributed by atoms with Gasteiger partial charge >= 0.3 is 0 Å². The van der Waals surface area contributed by atoms with Crippen molar-refractivity contribution in [3.8, 4) is 0 Å². The van der Waals surface area contributed by atoms with E-state index in [-0.39, 0.29) is 12.1 Å². The lowest BCUT2D eigenvalue weighted by atomic mass is 10.0. The summed E-state index contributed by atoms with van der Waals surface area (Å²) >= 11 is 0. The summed E-state index contributed by atoms with van der Waals surface area (Å²) in [6, 6.07) is 14.7. The third kappa shape index (κ3) is 2.84. The minimum Gasteiger partial charge on any atom is -0.394 e. The van der Waals surface area contributed by atoms with Gasteiger partial charge in [0.2, 0.25) is 0 Å². The van der Waals surface area contributed by atoms with Crippen molar-refractivity contribution in [1.29, 1.82) is 0 Å². The van der Waals surface area contributed by atoms with Crippen LogP contribution in [0, 0.1) is 0 Å². The first-order chi connectivity index (χ1) is 8.12. The van der Waals surface area contributed by atoms with E-state index in [1.165, 1.54) is 16.3 Å². The third-order valence-electron chi connectivity index (χ3n) is 3.03. The molecule has 0 heterocycles. The molecule has 2 heteroatoms. The lowest BCUT2D eigenvalue weighted by Crippen LogP contribution is -2.42. The summed E-state index contributed by atoms with van der Waals surface area (Å²) in [6.07, 6.45) is 0. The minimum absolute atomic E-state index is 0.137. The standard InChI is InChI=1S/C15H19NO/c1-15(2,11-17)16-10-13-8-5-7-12-6-3-4-9-14(12)13/h3-9,16-17H,10-11H2,1-2H3. The van der Waals surface area contributed by atoms with Gasteiger partial charge in [0, 0.05) is 12.1 Å². The fourth-order valence-corrected chi connectivity index (χ4v) is 1.84. The van der Waals surface area contributed by atoms with Crippen molar-refractivity contribution < 1.29 is 5.11 Å². The monoisotopic (exact) mass is 229 g/mol. The molecule has 0 fully saturated rings. The number of hydrogen-bond acceptors (Lipinski definition) is 2. The quantitative estimate of drug-likeness (QED) is 0.845. The summed E-state index contributed by atoms with van der Waals surface area (Å²) in [7, 11) is 0. The molecule has 2 rings (SSSR count). The molecule has 0 atom stereocenters. The molecule has 17 heavy (non-hydrogen) atoms. The fourth-order valence-electron chi connectivity index (χ4n) is 1.84. The normalized spacial score (nSPS) is 11.9. The zero-order valence-corrected chi connectivity index (χ0v) is 10.4. The van der Waals surface area contributed by atoms with Crippen molar-refractivity contribution in [2.24, 2.45) is 0 Å². The van der Waals surface area contributed by atoms with Crippen molar-refractivity contribution in [1.82, 2.24) is 5.32 Å². The van der Waals surface area contributed by atoms with Crippen LogP contribution in [-0.4, -0.2) is 17.3 Å². The molecule has 0 radical (unpaired) electrons. The molecule has 0 aliphatic heterocycles. The first-order valence-electron chi connectivity index (χ1n) is 5.95. The van der Waals surface area contributed by atoms with Crippen molar-refractivity contribution in [2.45, 2.75) is 25.9 Å². The van der Waals surface area contributed by atoms with E-state index in [2.05, 4.69) is 47.8 Å². The summed E-state index contributed by atoms with van der Waals surface area (Å²) < 4.78 is 0. The fraction of sp³-hybridized carbons (Fsp3) is 0.333. The Morgan fingerprint density at radius 2 is 1.76 bits per heavy atom. The molecule has 2 aromatic rings. The zero-order valence-electron chi connectivity index (χ0n) is 10.4. The molecule has 0 saturated carbocycles. The highest BCUT2D eigenvalue weighted by atomic mass is 16.3. The van der Waals surface area contributed by atoms with Crippen molar-refractivity contribution >= 4 is 10.8 Å². The molecule has 2 N–H and O–H groups in total. The van der Waals surface area contributed by atoms with Gasteiger partial charge in [-0.1, -0.05) is 42.5 Å². The van der Waals surface area contributed by atoms with E-state index >= 15 is 0 Å². The summed E-state index contributed by atoms with van der Waals surface area (Å²) in [5, 5.41) is 15.1. The molecule has 0 spiro atoms. The van der Waals surface area contributed by atoms with Crippen LogP contribution in [0.15, 0.2) is 42.5 Å². The van der Waals surface area contributed by atoms with E-state index in [1.807, 2.05) is 13.8 Å². The van der Waals surface area contributed by atoms with E-state index < -0.39 is 0 Å². The molecule has 0 aromatic heterocycles. The zero-order chi connectivity index (χ0) is 12.3. The SMILES string of the molecule is CC(C)(CO)NCc1cccc2ccccc12. The van der Waals surface area contributed by atoms with Gasteiger partial charge in [-0.3, -0.25) is 0 Å². The number of hydrogen-bond donors (Lipinski definition) is 2. The van der Waals surface area contributed by atoms with Crippen LogP contribution in [0.4, 0.5) is 0 Å². The van der Waals surface area contributed by atoms with E-state index in [0.29, 0.717) is 0 Å². The van der Waals surface area contributed by atoms with Crippen LogP contribution in [0.5, 0.6) is 0 Å². The Bertz CT molecular complexity index is 500. The van der Waals surface area contributed by atoms with Gasteiger partial charge in [-0.2, -0.15) is 0 Å². The van der Waals surface area contributed by atoms with Crippen LogP contribution < -0.4 is 5.32 Å². The number of benzene rings is 2. The van der Waals surface area contributed by atoms with Crippen molar-refractivity contribution in [2.75, 3.05) is 6.61 Å². The highest BCUT2D eigenvalue weighted by Gasteiger charge is 2.15. The molecule has 0 unspecified atom stereocenters.